The summed E-state index contributed by atoms with van der Waals surface area (Å²) in [6, 6.07) is 12.2. The van der Waals surface area contributed by atoms with Crippen LogP contribution in [-0.2, 0) is 11.2 Å². The summed E-state index contributed by atoms with van der Waals surface area (Å²) in [7, 11) is 0. The number of halogens is 2. The first-order valence-corrected chi connectivity index (χ1v) is 11.6. The van der Waals surface area contributed by atoms with Gasteiger partial charge in [-0.2, -0.15) is 0 Å². The van der Waals surface area contributed by atoms with Crippen LogP contribution in [0.5, 0.6) is 0 Å². The molecule has 1 saturated heterocycles. The molecule has 10 heteroatoms. The molecule has 0 radical (unpaired) electrons. The van der Waals surface area contributed by atoms with Crippen molar-refractivity contribution in [3.8, 4) is 11.3 Å². The minimum Gasteiger partial charge on any atom is -0.382 e. The molecule has 1 aliphatic heterocycles. The van der Waals surface area contributed by atoms with Crippen LogP contribution in [0.15, 0.2) is 48.7 Å². The summed E-state index contributed by atoms with van der Waals surface area (Å²) in [5.41, 5.74) is 8.27. The number of hydrogen-bond donors (Lipinski definition) is 4. The van der Waals surface area contributed by atoms with Gasteiger partial charge in [0.1, 0.15) is 0 Å². The minimum atomic E-state index is -0.360. The van der Waals surface area contributed by atoms with Crippen molar-refractivity contribution in [1.82, 2.24) is 20.6 Å². The summed E-state index contributed by atoms with van der Waals surface area (Å²) in [4.78, 5) is 33.9. The Morgan fingerprint density at radius 3 is 2.65 bits per heavy atom. The third kappa shape index (κ3) is 5.83. The highest BCUT2D eigenvalue weighted by atomic mass is 35.5. The van der Waals surface area contributed by atoms with Gasteiger partial charge in [0.05, 0.1) is 18.3 Å². The third-order valence-corrected chi connectivity index (χ3v) is 6.20. The number of anilines is 2. The standard InChI is InChI=1S/C24H24Cl2N6O2/c25-18-7-2-8-19(26)17(18)11-21(33)30-15-5-1-4-14(10-15)20-13-29-23(27)22(32-20)24(34)31-16-6-3-9-28-12-16/h1-2,4-5,7-8,10,13,16,28H,3,6,9,11-12H2,(H2,27,29)(H,30,33)(H,31,34)/t16-/m0/s1. The lowest BCUT2D eigenvalue weighted by molar-refractivity contribution is -0.115. The predicted molar refractivity (Wildman–Crippen MR) is 134 cm³/mol. The SMILES string of the molecule is Nc1ncc(-c2cccc(NC(=O)Cc3c(Cl)cccc3Cl)c2)nc1C(=O)N[C@H]1CCCNC1. The number of nitrogens with two attached hydrogens (primary N) is 1. The normalized spacial score (nSPS) is 15.5. The number of amides is 2. The van der Waals surface area contributed by atoms with Crippen LogP contribution in [-0.4, -0.2) is 40.9 Å². The molecule has 176 valence electrons. The van der Waals surface area contributed by atoms with Crippen LogP contribution < -0.4 is 21.7 Å². The largest absolute Gasteiger partial charge is 0.382 e. The number of carbonyl (C=O) groups is 2. The molecule has 1 aromatic heterocycles. The highest BCUT2D eigenvalue weighted by Gasteiger charge is 2.20. The molecule has 0 unspecified atom stereocenters. The molecule has 5 N–H and O–H groups in total. The number of rotatable bonds is 6. The van der Waals surface area contributed by atoms with E-state index in [0.717, 1.165) is 19.4 Å². The second-order valence-electron chi connectivity index (χ2n) is 8.01. The van der Waals surface area contributed by atoms with E-state index in [2.05, 4.69) is 25.9 Å². The monoisotopic (exact) mass is 498 g/mol. The van der Waals surface area contributed by atoms with Crippen LogP contribution in [0.4, 0.5) is 11.5 Å². The quantitative estimate of drug-likeness (QED) is 0.411. The average molecular weight is 499 g/mol. The fourth-order valence-electron chi connectivity index (χ4n) is 3.76. The van der Waals surface area contributed by atoms with Gasteiger partial charge in [-0.1, -0.05) is 41.4 Å². The number of nitrogens with zero attached hydrogens (tertiary/aromatic N) is 2. The number of carbonyl (C=O) groups excluding carboxylic acids is 2. The molecule has 1 fully saturated rings. The molecule has 2 amide bonds. The second kappa shape index (κ2) is 10.8. The number of nitrogen functional groups attached to an aromatic ring is 1. The molecule has 4 rings (SSSR count). The van der Waals surface area contributed by atoms with Gasteiger partial charge in [0.2, 0.25) is 5.91 Å². The van der Waals surface area contributed by atoms with Crippen LogP contribution in [0.2, 0.25) is 10.0 Å². The summed E-state index contributed by atoms with van der Waals surface area (Å²) < 4.78 is 0. The molecule has 2 aromatic carbocycles. The second-order valence-corrected chi connectivity index (χ2v) is 8.83. The van der Waals surface area contributed by atoms with Crippen molar-refractivity contribution in [2.24, 2.45) is 0 Å². The highest BCUT2D eigenvalue weighted by Crippen LogP contribution is 2.26. The molecular formula is C24H24Cl2N6O2. The first-order chi connectivity index (χ1) is 16.4. The zero-order valence-corrected chi connectivity index (χ0v) is 19.8. The Morgan fingerprint density at radius 1 is 1.15 bits per heavy atom. The Kier molecular flexibility index (Phi) is 7.62. The summed E-state index contributed by atoms with van der Waals surface area (Å²) >= 11 is 12.3. The van der Waals surface area contributed by atoms with Crippen LogP contribution in [0.1, 0.15) is 28.9 Å². The molecule has 3 aromatic rings. The third-order valence-electron chi connectivity index (χ3n) is 5.49. The van der Waals surface area contributed by atoms with Crippen molar-refractivity contribution in [2.75, 3.05) is 24.1 Å². The maximum absolute atomic E-state index is 12.8. The highest BCUT2D eigenvalue weighted by molar-refractivity contribution is 6.36. The number of benzene rings is 2. The fourth-order valence-corrected chi connectivity index (χ4v) is 4.29. The number of hydrogen-bond acceptors (Lipinski definition) is 6. The van der Waals surface area contributed by atoms with E-state index in [4.69, 9.17) is 28.9 Å². The Balaban J connectivity index is 1.49. The van der Waals surface area contributed by atoms with Crippen molar-refractivity contribution in [3.05, 3.63) is 70.0 Å². The van der Waals surface area contributed by atoms with Crippen molar-refractivity contribution in [1.29, 1.82) is 0 Å². The molecule has 0 saturated carbocycles. The maximum atomic E-state index is 12.8. The van der Waals surface area contributed by atoms with Crippen LogP contribution in [0, 0.1) is 0 Å². The zero-order valence-electron chi connectivity index (χ0n) is 18.3. The lowest BCUT2D eigenvalue weighted by Gasteiger charge is -2.23. The first-order valence-electron chi connectivity index (χ1n) is 10.9. The number of nitrogens with one attached hydrogen (secondary N) is 3. The van der Waals surface area contributed by atoms with Gasteiger partial charge in [0.25, 0.3) is 5.91 Å². The summed E-state index contributed by atoms with van der Waals surface area (Å²) in [5, 5.41) is 9.93. The Morgan fingerprint density at radius 2 is 1.91 bits per heavy atom. The van der Waals surface area contributed by atoms with Gasteiger partial charge in [-0.15, -0.1) is 0 Å². The molecule has 0 aliphatic carbocycles. The molecule has 0 bridgehead atoms. The molecule has 1 aliphatic rings. The lowest BCUT2D eigenvalue weighted by atomic mass is 10.1. The fraction of sp³-hybridized carbons (Fsp3) is 0.250. The van der Waals surface area contributed by atoms with E-state index in [9.17, 15) is 9.59 Å². The van der Waals surface area contributed by atoms with Crippen molar-refractivity contribution in [2.45, 2.75) is 25.3 Å². The van der Waals surface area contributed by atoms with Crippen molar-refractivity contribution >= 4 is 46.5 Å². The minimum absolute atomic E-state index is 0.0243. The summed E-state index contributed by atoms with van der Waals surface area (Å²) in [6.07, 6.45) is 3.42. The van der Waals surface area contributed by atoms with E-state index in [1.807, 2.05) is 6.07 Å². The zero-order chi connectivity index (χ0) is 24.1. The van der Waals surface area contributed by atoms with Gasteiger partial charge in [0.15, 0.2) is 11.5 Å². The first kappa shape index (κ1) is 23.9. The number of piperidine rings is 1. The average Bonchev–Trinajstić information content (AvgIpc) is 2.82. The van der Waals surface area contributed by atoms with Gasteiger partial charge >= 0.3 is 0 Å². The van der Waals surface area contributed by atoms with E-state index < -0.39 is 0 Å². The summed E-state index contributed by atoms with van der Waals surface area (Å²) in [5.74, 6) is -0.565. The van der Waals surface area contributed by atoms with Gasteiger partial charge < -0.3 is 21.7 Å². The number of aromatic nitrogens is 2. The van der Waals surface area contributed by atoms with E-state index >= 15 is 0 Å². The molecule has 2 heterocycles. The smallest absolute Gasteiger partial charge is 0.274 e. The Bertz CT molecular complexity index is 1190. The van der Waals surface area contributed by atoms with Crippen LogP contribution >= 0.6 is 23.2 Å². The maximum Gasteiger partial charge on any atom is 0.274 e. The van der Waals surface area contributed by atoms with Gasteiger partial charge in [0, 0.05) is 33.9 Å². The molecule has 0 spiro atoms. The predicted octanol–water partition coefficient (Wildman–Crippen LogP) is 3.70. The van der Waals surface area contributed by atoms with E-state index in [1.165, 1.54) is 6.20 Å². The van der Waals surface area contributed by atoms with E-state index in [0.29, 0.717) is 39.1 Å². The molecule has 1 atom stereocenters. The van der Waals surface area contributed by atoms with Gasteiger partial charge in [-0.3, -0.25) is 9.59 Å². The Labute approximate surface area is 207 Å². The van der Waals surface area contributed by atoms with E-state index in [-0.39, 0.29) is 35.8 Å². The van der Waals surface area contributed by atoms with E-state index in [1.54, 1.807) is 36.4 Å². The van der Waals surface area contributed by atoms with Crippen molar-refractivity contribution in [3.63, 3.8) is 0 Å². The Hall–Kier alpha value is -3.20. The van der Waals surface area contributed by atoms with Crippen LogP contribution in [0.25, 0.3) is 11.3 Å². The molecule has 8 nitrogen and oxygen atoms in total. The topological polar surface area (TPSA) is 122 Å². The van der Waals surface area contributed by atoms with Gasteiger partial charge in [-0.05, 0) is 49.2 Å². The van der Waals surface area contributed by atoms with Gasteiger partial charge in [-0.25, -0.2) is 9.97 Å². The molecular weight excluding hydrogens is 475 g/mol. The van der Waals surface area contributed by atoms with Crippen LogP contribution in [0.3, 0.4) is 0 Å². The lowest BCUT2D eigenvalue weighted by Crippen LogP contribution is -2.46. The molecule has 34 heavy (non-hydrogen) atoms. The van der Waals surface area contributed by atoms with Crippen molar-refractivity contribution < 1.29 is 9.59 Å². The summed E-state index contributed by atoms with van der Waals surface area (Å²) in [6.45, 7) is 1.65.